The Kier molecular flexibility index (Phi) is 4.51. The summed E-state index contributed by atoms with van der Waals surface area (Å²) in [5.74, 6) is -0.0689. The highest BCUT2D eigenvalue weighted by atomic mass is 16.5. The summed E-state index contributed by atoms with van der Waals surface area (Å²) in [5, 5.41) is 9.06. The molecule has 0 aromatic heterocycles. The molecular weight excluding hydrogens is 348 g/mol. The lowest BCUT2D eigenvalue weighted by Crippen LogP contribution is -2.67. The van der Waals surface area contributed by atoms with Gasteiger partial charge in [0, 0.05) is 38.3 Å². The molecule has 0 aliphatic carbocycles. The van der Waals surface area contributed by atoms with E-state index in [1.807, 2.05) is 6.07 Å². The van der Waals surface area contributed by atoms with E-state index >= 15 is 0 Å². The van der Waals surface area contributed by atoms with Crippen LogP contribution in [0.5, 0.6) is 5.75 Å². The van der Waals surface area contributed by atoms with E-state index in [-0.39, 0.29) is 24.1 Å². The van der Waals surface area contributed by atoms with E-state index in [1.165, 1.54) is 0 Å². The molecule has 3 N–H and O–H groups in total. The lowest BCUT2D eigenvalue weighted by molar-refractivity contribution is -0.140. The average molecular weight is 372 g/mol. The lowest BCUT2D eigenvalue weighted by Gasteiger charge is -2.44. The first-order valence-corrected chi connectivity index (χ1v) is 9.32. The van der Waals surface area contributed by atoms with Gasteiger partial charge in [0.25, 0.3) is 0 Å². The molecule has 3 heterocycles. The first-order valence-electron chi connectivity index (χ1n) is 9.32. The highest BCUT2D eigenvalue weighted by Crippen LogP contribution is 2.37. The molecule has 3 aliphatic rings. The monoisotopic (exact) mass is 372 g/mol. The van der Waals surface area contributed by atoms with E-state index in [2.05, 4.69) is 16.0 Å². The smallest absolute Gasteiger partial charge is 0.240 e. The lowest BCUT2D eigenvalue weighted by atomic mass is 9.83. The molecule has 0 saturated carbocycles. The Morgan fingerprint density at radius 1 is 1.22 bits per heavy atom. The molecule has 1 aromatic carbocycles. The second-order valence-corrected chi connectivity index (χ2v) is 7.35. The predicted molar refractivity (Wildman–Crippen MR) is 98.5 cm³/mol. The van der Waals surface area contributed by atoms with Gasteiger partial charge in [-0.25, -0.2) is 0 Å². The molecule has 0 bridgehead atoms. The number of nitrogens with one attached hydrogen (secondary N) is 3. The number of hydrogen-bond acceptors (Lipinski definition) is 5. The second-order valence-electron chi connectivity index (χ2n) is 7.35. The van der Waals surface area contributed by atoms with Crippen LogP contribution in [0.25, 0.3) is 0 Å². The molecule has 4 rings (SSSR count). The van der Waals surface area contributed by atoms with Crippen LogP contribution >= 0.6 is 0 Å². The molecule has 1 spiro atoms. The zero-order valence-electron chi connectivity index (χ0n) is 15.3. The van der Waals surface area contributed by atoms with Crippen molar-refractivity contribution in [3.8, 4) is 5.75 Å². The van der Waals surface area contributed by atoms with Crippen molar-refractivity contribution in [3.63, 3.8) is 0 Å². The molecule has 2 saturated heterocycles. The van der Waals surface area contributed by atoms with Crippen molar-refractivity contribution < 1.29 is 19.1 Å². The largest absolute Gasteiger partial charge is 0.497 e. The van der Waals surface area contributed by atoms with Gasteiger partial charge < -0.3 is 25.6 Å². The number of rotatable bonds is 2. The molecule has 0 radical (unpaired) electrons. The van der Waals surface area contributed by atoms with Crippen molar-refractivity contribution in [1.29, 1.82) is 0 Å². The Morgan fingerprint density at radius 2 is 2.00 bits per heavy atom. The van der Waals surface area contributed by atoms with Gasteiger partial charge in [-0.1, -0.05) is 0 Å². The Morgan fingerprint density at radius 3 is 2.70 bits per heavy atom. The molecule has 1 atom stereocenters. The molecule has 3 aliphatic heterocycles. The maximum atomic E-state index is 13.2. The maximum Gasteiger partial charge on any atom is 0.240 e. The van der Waals surface area contributed by atoms with Crippen LogP contribution in [-0.4, -0.2) is 61.4 Å². The number of ether oxygens (including phenoxy) is 1. The van der Waals surface area contributed by atoms with Crippen LogP contribution in [0.15, 0.2) is 18.2 Å². The number of piperidine rings is 1. The third-order valence-electron chi connectivity index (χ3n) is 5.83. The van der Waals surface area contributed by atoms with Crippen molar-refractivity contribution in [2.24, 2.45) is 0 Å². The van der Waals surface area contributed by atoms with Gasteiger partial charge in [0.1, 0.15) is 11.3 Å². The quantitative estimate of drug-likeness (QED) is 0.689. The van der Waals surface area contributed by atoms with Gasteiger partial charge in [-0.3, -0.25) is 14.4 Å². The average Bonchev–Trinajstić information content (AvgIpc) is 2.69. The number of carbonyl (C=O) groups is 3. The fourth-order valence-corrected chi connectivity index (χ4v) is 4.25. The number of likely N-dealkylation sites (tertiary alicyclic amines) is 1. The molecule has 8 heteroatoms. The van der Waals surface area contributed by atoms with Gasteiger partial charge in [0.15, 0.2) is 0 Å². The standard InChI is InChI=1S/C19H24N4O4/c1-27-12-2-3-15-13(10-12)14(11-16(24)22-15)17(25)23-8-4-19(5-9-23)18(26)20-6-7-21-19/h2-3,10,14,21H,4-9,11H2,1H3,(H,20,26)(H,22,24)/t14-/m1/s1. The predicted octanol–water partition coefficient (Wildman–Crippen LogP) is 0.202. The van der Waals surface area contributed by atoms with E-state index in [1.54, 1.807) is 24.1 Å². The van der Waals surface area contributed by atoms with Crippen LogP contribution in [0, 0.1) is 0 Å². The Bertz CT molecular complexity index is 786. The second kappa shape index (κ2) is 6.84. The summed E-state index contributed by atoms with van der Waals surface area (Å²) >= 11 is 0. The van der Waals surface area contributed by atoms with Crippen LogP contribution in [0.4, 0.5) is 5.69 Å². The molecule has 0 unspecified atom stereocenters. The third kappa shape index (κ3) is 3.14. The summed E-state index contributed by atoms with van der Waals surface area (Å²) in [7, 11) is 1.58. The van der Waals surface area contributed by atoms with Crippen molar-refractivity contribution in [3.05, 3.63) is 23.8 Å². The maximum absolute atomic E-state index is 13.2. The number of fused-ring (bicyclic) bond motifs is 1. The summed E-state index contributed by atoms with van der Waals surface area (Å²) < 4.78 is 5.28. The zero-order chi connectivity index (χ0) is 19.0. The van der Waals surface area contributed by atoms with Crippen molar-refractivity contribution in [2.45, 2.75) is 30.7 Å². The Hall–Kier alpha value is -2.61. The zero-order valence-corrected chi connectivity index (χ0v) is 15.3. The van der Waals surface area contributed by atoms with Crippen LogP contribution in [-0.2, 0) is 14.4 Å². The minimum atomic E-state index is -0.569. The molecule has 27 heavy (non-hydrogen) atoms. The van der Waals surface area contributed by atoms with Crippen molar-refractivity contribution in [1.82, 2.24) is 15.5 Å². The molecule has 1 aromatic rings. The van der Waals surface area contributed by atoms with Gasteiger partial charge in [0.05, 0.1) is 13.0 Å². The normalized spacial score (nSPS) is 24.0. The van der Waals surface area contributed by atoms with E-state index in [9.17, 15) is 14.4 Å². The molecule has 2 fully saturated rings. The van der Waals surface area contributed by atoms with E-state index in [0.29, 0.717) is 43.9 Å². The Balaban J connectivity index is 1.52. The number of amides is 3. The molecule has 3 amide bonds. The molecular formula is C19H24N4O4. The van der Waals surface area contributed by atoms with Gasteiger partial charge >= 0.3 is 0 Å². The van der Waals surface area contributed by atoms with Gasteiger partial charge in [-0.15, -0.1) is 0 Å². The summed E-state index contributed by atoms with van der Waals surface area (Å²) in [4.78, 5) is 39.3. The van der Waals surface area contributed by atoms with Crippen molar-refractivity contribution >= 4 is 23.4 Å². The number of methoxy groups -OCH3 is 1. The highest BCUT2D eigenvalue weighted by molar-refractivity contribution is 6.01. The fourth-order valence-electron chi connectivity index (χ4n) is 4.25. The summed E-state index contributed by atoms with van der Waals surface area (Å²) in [6, 6.07) is 5.36. The summed E-state index contributed by atoms with van der Waals surface area (Å²) in [5.41, 5.74) is 0.875. The van der Waals surface area contributed by atoms with E-state index in [4.69, 9.17) is 4.74 Å². The van der Waals surface area contributed by atoms with Crippen molar-refractivity contribution in [2.75, 3.05) is 38.6 Å². The number of nitrogens with zero attached hydrogens (tertiary/aromatic N) is 1. The van der Waals surface area contributed by atoms with E-state index < -0.39 is 11.5 Å². The first kappa shape index (κ1) is 17.8. The summed E-state index contributed by atoms with van der Waals surface area (Å²) in [6.45, 7) is 2.38. The first-order chi connectivity index (χ1) is 13.0. The fraction of sp³-hybridized carbons (Fsp3) is 0.526. The number of hydrogen-bond donors (Lipinski definition) is 3. The van der Waals surface area contributed by atoms with Crippen LogP contribution < -0.4 is 20.7 Å². The number of piperazine rings is 1. The number of benzene rings is 1. The third-order valence-corrected chi connectivity index (χ3v) is 5.83. The van der Waals surface area contributed by atoms with E-state index in [0.717, 1.165) is 12.1 Å². The topological polar surface area (TPSA) is 99.8 Å². The van der Waals surface area contributed by atoms with Gasteiger partial charge in [-0.05, 0) is 36.6 Å². The minimum Gasteiger partial charge on any atom is -0.497 e. The van der Waals surface area contributed by atoms with Crippen LogP contribution in [0.1, 0.15) is 30.7 Å². The SMILES string of the molecule is COc1ccc2c(c1)[C@H](C(=O)N1CCC3(CC1)NCCNC3=O)CC(=O)N2. The minimum absolute atomic E-state index is 0.0213. The number of anilines is 1. The summed E-state index contributed by atoms with van der Waals surface area (Å²) in [6.07, 6.45) is 1.28. The molecule has 8 nitrogen and oxygen atoms in total. The van der Waals surface area contributed by atoms with Crippen LogP contribution in [0.2, 0.25) is 0 Å². The highest BCUT2D eigenvalue weighted by Gasteiger charge is 2.44. The number of carbonyl (C=O) groups excluding carboxylic acids is 3. The van der Waals surface area contributed by atoms with Crippen LogP contribution in [0.3, 0.4) is 0 Å². The Labute approximate surface area is 157 Å². The van der Waals surface area contributed by atoms with Gasteiger partial charge in [-0.2, -0.15) is 0 Å². The van der Waals surface area contributed by atoms with Gasteiger partial charge in [0.2, 0.25) is 17.7 Å². The molecule has 144 valence electrons.